The van der Waals surface area contributed by atoms with Crippen molar-refractivity contribution in [3.8, 4) is 0 Å². The molecular weight excluding hydrogens is 221 g/mol. The van der Waals surface area contributed by atoms with Gasteiger partial charge in [0.25, 0.3) is 0 Å². The topological polar surface area (TPSA) is 0 Å². The van der Waals surface area contributed by atoms with Crippen LogP contribution in [0, 0.1) is 0 Å². The molecule has 0 spiro atoms. The summed E-state index contributed by atoms with van der Waals surface area (Å²) in [5.41, 5.74) is 0. The van der Waals surface area contributed by atoms with Crippen LogP contribution in [0.1, 0.15) is 0 Å². The Balaban J connectivity index is -0.000000320. The largest absolute Gasteiger partial charge is 0.456 e. The van der Waals surface area contributed by atoms with Gasteiger partial charge in [-0.05, 0) is 0 Å². The van der Waals surface area contributed by atoms with Crippen molar-refractivity contribution in [1.82, 2.24) is 0 Å². The van der Waals surface area contributed by atoms with Crippen LogP contribution in [0.2, 0.25) is 0 Å². The second-order valence-electron chi connectivity index (χ2n) is 1.34. The van der Waals surface area contributed by atoms with Crippen LogP contribution in [0.4, 0.5) is 26.3 Å². The molecule has 72 valence electrons. The second kappa shape index (κ2) is 4.92. The Labute approximate surface area is 70.8 Å². The molecule has 0 amide bonds. The third-order valence-electron chi connectivity index (χ3n) is 0.583. The quantitative estimate of drug-likeness (QED) is 0.601. The molecule has 0 heterocycles. The molecule has 8 heteroatoms. The van der Waals surface area contributed by atoms with Crippen LogP contribution < -0.4 is 0 Å². The van der Waals surface area contributed by atoms with E-state index < -0.39 is 18.8 Å². The summed E-state index contributed by atoms with van der Waals surface area (Å²) in [7, 11) is 0. The molecule has 0 bridgehead atoms. The molecule has 0 aliphatic heterocycles. The van der Waals surface area contributed by atoms with Gasteiger partial charge in [0, 0.05) is 0 Å². The van der Waals surface area contributed by atoms with Crippen molar-refractivity contribution < 1.29 is 26.3 Å². The van der Waals surface area contributed by atoms with E-state index in [1.807, 2.05) is 0 Å². The smallest absolute Gasteiger partial charge is 0.244 e. The Morgan fingerprint density at radius 1 is 0.818 bits per heavy atom. The summed E-state index contributed by atoms with van der Waals surface area (Å²) in [6.07, 6.45) is -5.76. The van der Waals surface area contributed by atoms with Gasteiger partial charge < -0.3 is 0 Å². The molecule has 0 aromatic rings. The van der Waals surface area contributed by atoms with E-state index in [1.165, 1.54) is 0 Å². The predicted molar refractivity (Wildman–Crippen MR) is 31.5 cm³/mol. The molecule has 0 saturated heterocycles. The maximum atomic E-state index is 11.2. The molecule has 0 aromatic carbocycles. The van der Waals surface area contributed by atoms with Gasteiger partial charge in [-0.25, -0.2) is 4.39 Å². The van der Waals surface area contributed by atoms with Gasteiger partial charge >= 0.3 is 12.1 Å². The third kappa shape index (κ3) is 4.58. The van der Waals surface area contributed by atoms with Crippen LogP contribution in [0.25, 0.3) is 0 Å². The van der Waals surface area contributed by atoms with Crippen molar-refractivity contribution in [3.63, 3.8) is 0 Å². The lowest BCUT2D eigenvalue weighted by molar-refractivity contribution is -0.286. The molecule has 0 atom stereocenters. The van der Waals surface area contributed by atoms with E-state index in [2.05, 4.69) is 0 Å². The fourth-order valence-corrected chi connectivity index (χ4v) is 0.0758. The second-order valence-corrected chi connectivity index (χ2v) is 1.34. The van der Waals surface area contributed by atoms with Crippen LogP contribution in [0.5, 0.6) is 0 Å². The summed E-state index contributed by atoms with van der Waals surface area (Å²) in [5.74, 6) is -5.19. The van der Waals surface area contributed by atoms with Gasteiger partial charge in [0.2, 0.25) is 0 Å². The lowest BCUT2D eigenvalue weighted by Crippen LogP contribution is -2.38. The maximum absolute atomic E-state index is 11.2. The van der Waals surface area contributed by atoms with E-state index in [9.17, 15) is 26.3 Å². The summed E-state index contributed by atoms with van der Waals surface area (Å²) in [6.45, 7) is -2.70. The number of hydrogen-bond acceptors (Lipinski definition) is 0. The van der Waals surface area contributed by atoms with Crippen LogP contribution in [-0.2, 0) is 0 Å². The van der Waals surface area contributed by atoms with Crippen molar-refractivity contribution >= 4 is 24.8 Å². The minimum atomic E-state index is -5.76. The Morgan fingerprint density at radius 2 is 1.09 bits per heavy atom. The SMILES string of the molecule is Cl.Cl.FCC(F)(F)C(F)(F)F. The first-order valence-corrected chi connectivity index (χ1v) is 1.82. The van der Waals surface area contributed by atoms with Crippen molar-refractivity contribution in [2.24, 2.45) is 0 Å². The molecule has 0 rings (SSSR count). The van der Waals surface area contributed by atoms with E-state index in [0.29, 0.717) is 0 Å². The average Bonchev–Trinajstić information content (AvgIpc) is 1.64. The Morgan fingerprint density at radius 3 is 1.09 bits per heavy atom. The lowest BCUT2D eigenvalue weighted by atomic mass is 10.4. The van der Waals surface area contributed by atoms with E-state index in [0.717, 1.165) is 0 Å². The summed E-state index contributed by atoms with van der Waals surface area (Å²) < 4.78 is 65.6. The van der Waals surface area contributed by atoms with E-state index >= 15 is 0 Å². The van der Waals surface area contributed by atoms with Gasteiger partial charge in [-0.1, -0.05) is 0 Å². The van der Waals surface area contributed by atoms with Crippen molar-refractivity contribution in [2.45, 2.75) is 12.1 Å². The molecule has 0 aliphatic carbocycles. The summed E-state index contributed by atoms with van der Waals surface area (Å²) in [5, 5.41) is 0. The van der Waals surface area contributed by atoms with Crippen LogP contribution in [-0.4, -0.2) is 18.8 Å². The molecule has 0 saturated carbocycles. The highest BCUT2D eigenvalue weighted by molar-refractivity contribution is 5.85. The van der Waals surface area contributed by atoms with Gasteiger partial charge in [0.15, 0.2) is 6.67 Å². The van der Waals surface area contributed by atoms with E-state index in [1.54, 1.807) is 0 Å². The zero-order chi connectivity index (χ0) is 7.71. The third-order valence-corrected chi connectivity index (χ3v) is 0.583. The minimum absolute atomic E-state index is 0. The monoisotopic (exact) mass is 224 g/mol. The molecule has 0 aromatic heterocycles. The molecule has 0 N–H and O–H groups in total. The molecule has 0 fully saturated rings. The first-order chi connectivity index (χ1) is 3.81. The maximum Gasteiger partial charge on any atom is 0.456 e. The fourth-order valence-electron chi connectivity index (χ4n) is 0.0758. The highest BCUT2D eigenvalue weighted by Crippen LogP contribution is 2.35. The highest BCUT2D eigenvalue weighted by Gasteiger charge is 2.57. The van der Waals surface area contributed by atoms with Gasteiger partial charge in [0.05, 0.1) is 0 Å². The first kappa shape index (κ1) is 17.3. The Kier molecular flexibility index (Phi) is 7.74. The number of hydrogen-bond donors (Lipinski definition) is 0. The Bertz CT molecular complexity index is 98.5. The van der Waals surface area contributed by atoms with Crippen LogP contribution >= 0.6 is 24.8 Å². The summed E-state index contributed by atoms with van der Waals surface area (Å²) in [6, 6.07) is 0. The lowest BCUT2D eigenvalue weighted by Gasteiger charge is -2.14. The first-order valence-electron chi connectivity index (χ1n) is 1.82. The van der Waals surface area contributed by atoms with Gasteiger partial charge in [-0.15, -0.1) is 24.8 Å². The molecule has 0 nitrogen and oxygen atoms in total. The normalized spacial score (nSPS) is 11.5. The molecule has 0 radical (unpaired) electrons. The standard InChI is InChI=1S/C3H2F6.2ClH/c4-1-2(5,6)3(7,8)9;;/h1H2;2*1H. The average molecular weight is 225 g/mol. The van der Waals surface area contributed by atoms with E-state index in [-0.39, 0.29) is 24.8 Å². The number of rotatable bonds is 1. The molecular formula is C3H4Cl2F6. The van der Waals surface area contributed by atoms with Gasteiger partial charge in [0.1, 0.15) is 0 Å². The van der Waals surface area contributed by atoms with Crippen LogP contribution in [0.15, 0.2) is 0 Å². The zero-order valence-corrected chi connectivity index (χ0v) is 6.42. The van der Waals surface area contributed by atoms with Crippen molar-refractivity contribution in [2.75, 3.05) is 6.67 Å². The van der Waals surface area contributed by atoms with Gasteiger partial charge in [-0.2, -0.15) is 22.0 Å². The summed E-state index contributed by atoms with van der Waals surface area (Å²) in [4.78, 5) is 0. The predicted octanol–water partition coefficient (Wildman–Crippen LogP) is 3.00. The van der Waals surface area contributed by atoms with Crippen molar-refractivity contribution in [3.05, 3.63) is 0 Å². The van der Waals surface area contributed by atoms with Gasteiger partial charge in [-0.3, -0.25) is 0 Å². The zero-order valence-electron chi connectivity index (χ0n) is 4.79. The fraction of sp³-hybridized carbons (Fsp3) is 1.00. The van der Waals surface area contributed by atoms with Crippen LogP contribution in [0.3, 0.4) is 0 Å². The molecule has 0 aliphatic rings. The molecule has 11 heavy (non-hydrogen) atoms. The summed E-state index contributed by atoms with van der Waals surface area (Å²) >= 11 is 0. The number of halogens is 8. The van der Waals surface area contributed by atoms with Crippen molar-refractivity contribution in [1.29, 1.82) is 0 Å². The molecule has 0 unspecified atom stereocenters. The highest BCUT2D eigenvalue weighted by atomic mass is 35.5. The number of alkyl halides is 6. The Hall–Kier alpha value is 0.160. The van der Waals surface area contributed by atoms with E-state index in [4.69, 9.17) is 0 Å². The minimum Gasteiger partial charge on any atom is -0.244 e.